The average Bonchev–Trinajstić information content (AvgIpc) is 3.70. The van der Waals surface area contributed by atoms with Gasteiger partial charge in [0.15, 0.2) is 18.0 Å². The molecule has 7 rings (SSSR count). The second-order valence-electron chi connectivity index (χ2n) is 16.8. The number of non-ortho nitro benzene ring substituents is 1. The van der Waals surface area contributed by atoms with Gasteiger partial charge in [0.25, 0.3) is 17.5 Å². The molecule has 3 amide bonds. The van der Waals surface area contributed by atoms with Gasteiger partial charge >= 0.3 is 0 Å². The number of nitro benzene ring substituents is 1. The Morgan fingerprint density at radius 1 is 0.937 bits per heavy atom. The Kier molecular flexibility index (Phi) is 13.2. The first-order valence-electron chi connectivity index (χ1n) is 20.6. The van der Waals surface area contributed by atoms with E-state index in [0.29, 0.717) is 22.6 Å². The molecule has 0 bridgehead atoms. The van der Waals surface area contributed by atoms with Crippen molar-refractivity contribution in [3.05, 3.63) is 124 Å². The predicted octanol–water partition coefficient (Wildman–Crippen LogP) is 2.52. The van der Waals surface area contributed by atoms with E-state index < -0.39 is 73.1 Å². The summed E-state index contributed by atoms with van der Waals surface area (Å²) < 4.78 is 17.6. The average molecular weight is 885 g/mol. The third-order valence-corrected chi connectivity index (χ3v) is 17.1. The highest BCUT2D eigenvalue weighted by atomic mass is 28.3. The smallest absolute Gasteiger partial charge is 0.269 e. The predicted molar refractivity (Wildman–Crippen MR) is 231 cm³/mol. The molecule has 18 heteroatoms. The number of anilines is 2. The summed E-state index contributed by atoms with van der Waals surface area (Å²) in [5.74, 6) is -1.55. The monoisotopic (exact) mass is 884 g/mol. The number of methoxy groups -OCH3 is 1. The molecule has 1 spiro atoms. The summed E-state index contributed by atoms with van der Waals surface area (Å²) in [5.41, 5.74) is 0.106. The van der Waals surface area contributed by atoms with Gasteiger partial charge in [-0.05, 0) is 47.0 Å². The zero-order valence-corrected chi connectivity index (χ0v) is 36.2. The van der Waals surface area contributed by atoms with Gasteiger partial charge in [0.1, 0.15) is 24.1 Å². The Balaban J connectivity index is 1.22. The van der Waals surface area contributed by atoms with Crippen molar-refractivity contribution < 1.29 is 59.1 Å². The number of rotatable bonds is 14. The van der Waals surface area contributed by atoms with Crippen molar-refractivity contribution in [2.45, 2.75) is 87.5 Å². The first-order valence-corrected chi connectivity index (χ1v) is 23.7. The minimum absolute atomic E-state index is 0.00859. The third kappa shape index (κ3) is 8.60. The van der Waals surface area contributed by atoms with Crippen molar-refractivity contribution in [2.24, 2.45) is 5.92 Å². The molecular formula is C45H52N4O13Si. The van der Waals surface area contributed by atoms with E-state index in [9.17, 15) is 45.2 Å². The van der Waals surface area contributed by atoms with E-state index in [1.807, 2.05) is 61.5 Å². The lowest BCUT2D eigenvalue weighted by molar-refractivity contribution is -0.385. The topological polar surface area (TPSA) is 242 Å². The van der Waals surface area contributed by atoms with Crippen LogP contribution in [0, 0.1) is 16.0 Å². The van der Waals surface area contributed by atoms with Crippen molar-refractivity contribution in [2.75, 3.05) is 30.5 Å². The molecule has 334 valence electrons. The van der Waals surface area contributed by atoms with Crippen molar-refractivity contribution >= 4 is 48.0 Å². The van der Waals surface area contributed by atoms with E-state index in [4.69, 9.17) is 14.2 Å². The molecule has 17 nitrogen and oxygen atoms in total. The van der Waals surface area contributed by atoms with Crippen molar-refractivity contribution in [3.63, 3.8) is 0 Å². The summed E-state index contributed by atoms with van der Waals surface area (Å²) in [4.78, 5) is 57.5. The van der Waals surface area contributed by atoms with Crippen molar-refractivity contribution in [1.82, 2.24) is 4.90 Å². The zero-order valence-electron chi connectivity index (χ0n) is 35.2. The van der Waals surface area contributed by atoms with Gasteiger partial charge in [-0.15, -0.1) is 0 Å². The molecule has 6 N–H and O–H groups in total. The van der Waals surface area contributed by atoms with Gasteiger partial charge in [0, 0.05) is 42.4 Å². The molecule has 2 fully saturated rings. The fraction of sp³-hybridized carbons (Fsp3) is 0.400. The van der Waals surface area contributed by atoms with Crippen molar-refractivity contribution in [3.8, 4) is 5.75 Å². The number of nitro groups is 1. The van der Waals surface area contributed by atoms with Crippen LogP contribution in [0.5, 0.6) is 5.75 Å². The summed E-state index contributed by atoms with van der Waals surface area (Å²) in [7, 11) is -1.15. The van der Waals surface area contributed by atoms with Crippen LogP contribution in [-0.4, -0.2) is 118 Å². The van der Waals surface area contributed by atoms with Gasteiger partial charge < -0.3 is 54.9 Å². The van der Waals surface area contributed by atoms with Gasteiger partial charge in [0.05, 0.1) is 51.5 Å². The zero-order chi connectivity index (χ0) is 45.4. The quantitative estimate of drug-likeness (QED) is 0.0607. The highest BCUT2D eigenvalue weighted by Crippen LogP contribution is 2.60. The Morgan fingerprint density at radius 3 is 2.25 bits per heavy atom. The summed E-state index contributed by atoms with van der Waals surface area (Å²) in [6, 6.07) is 27.7. The van der Waals surface area contributed by atoms with Crippen LogP contribution in [0.3, 0.4) is 0 Å². The van der Waals surface area contributed by atoms with E-state index in [0.717, 1.165) is 10.8 Å². The number of nitrogens with zero attached hydrogens (tertiary/aromatic N) is 3. The van der Waals surface area contributed by atoms with E-state index in [2.05, 4.69) is 18.4 Å². The number of benzene rings is 4. The van der Waals surface area contributed by atoms with E-state index in [1.54, 1.807) is 36.3 Å². The van der Waals surface area contributed by atoms with Gasteiger partial charge in [-0.3, -0.25) is 24.5 Å². The molecule has 0 radical (unpaired) electrons. The van der Waals surface area contributed by atoms with Crippen LogP contribution in [-0.2, 0) is 42.5 Å². The summed E-state index contributed by atoms with van der Waals surface area (Å²) in [6.45, 7) is 6.27. The Labute approximate surface area is 364 Å². The van der Waals surface area contributed by atoms with Crippen LogP contribution >= 0.6 is 0 Å². The molecule has 0 aromatic heterocycles. The lowest BCUT2D eigenvalue weighted by atomic mass is 9.82. The summed E-state index contributed by atoms with van der Waals surface area (Å²) in [6.07, 6.45) is -9.98. The highest BCUT2D eigenvalue weighted by molar-refractivity contribution is 6.91. The van der Waals surface area contributed by atoms with Gasteiger partial charge in [0.2, 0.25) is 5.91 Å². The molecule has 3 heterocycles. The van der Waals surface area contributed by atoms with E-state index >= 15 is 4.79 Å². The summed E-state index contributed by atoms with van der Waals surface area (Å²) >= 11 is 0. The maximum atomic E-state index is 15.3. The minimum atomic E-state index is -2.73. The first-order chi connectivity index (χ1) is 30.0. The third-order valence-electron chi connectivity index (χ3n) is 12.8. The van der Waals surface area contributed by atoms with Gasteiger partial charge in [-0.2, -0.15) is 0 Å². The number of amides is 3. The number of fused-ring (bicyclic) bond motifs is 2. The lowest BCUT2D eigenvalue weighted by Gasteiger charge is -2.37. The summed E-state index contributed by atoms with van der Waals surface area (Å²) in [5, 5.41) is 65.9. The van der Waals surface area contributed by atoms with Gasteiger partial charge in [-0.25, -0.2) is 0 Å². The SMILES string of the molecule is COc1ccc([Si](C)(C)[C@@H]2[C@@H](CC(=O)N(CCO)Cc3ccccc3)O[C@]3(C(=O)N(Cc4ccc(NC(=O)[C@H]5O[C@@H](O)[C@H](O)[C@@H](O)[C@@H]5O)cc4)c4ccc([N+](=O)[O-])cc43)[C@H]2C)cc1. The fourth-order valence-corrected chi connectivity index (χ4v) is 13.5. The number of ether oxygens (including phenoxy) is 3. The molecule has 4 aromatic rings. The second-order valence-corrected chi connectivity index (χ2v) is 21.5. The molecule has 2 saturated heterocycles. The maximum Gasteiger partial charge on any atom is 0.269 e. The van der Waals surface area contributed by atoms with Crippen LogP contribution in [0.1, 0.15) is 30.0 Å². The highest BCUT2D eigenvalue weighted by Gasteiger charge is 2.67. The largest absolute Gasteiger partial charge is 0.497 e. The maximum absolute atomic E-state index is 15.3. The van der Waals surface area contributed by atoms with E-state index in [-0.39, 0.29) is 55.5 Å². The van der Waals surface area contributed by atoms with Crippen LogP contribution in [0.4, 0.5) is 17.1 Å². The molecule has 4 aromatic carbocycles. The minimum Gasteiger partial charge on any atom is -0.497 e. The Hall–Kier alpha value is -5.57. The first kappa shape index (κ1) is 45.5. The fourth-order valence-electron chi connectivity index (χ4n) is 9.46. The molecular weight excluding hydrogens is 833 g/mol. The van der Waals surface area contributed by atoms with E-state index in [1.165, 1.54) is 23.1 Å². The number of aliphatic hydroxyl groups excluding tert-OH is 5. The molecule has 3 aliphatic heterocycles. The van der Waals surface area contributed by atoms with Crippen LogP contribution < -0.4 is 20.1 Å². The normalized spacial score (nSPS) is 26.7. The number of hydrogen-bond donors (Lipinski definition) is 6. The molecule has 0 saturated carbocycles. The number of aliphatic hydroxyl groups is 5. The van der Waals surface area contributed by atoms with Gasteiger partial charge in [-0.1, -0.05) is 79.8 Å². The number of hydrogen-bond acceptors (Lipinski definition) is 13. The van der Waals surface area contributed by atoms with Crippen LogP contribution in [0.15, 0.2) is 97.1 Å². The van der Waals surface area contributed by atoms with Crippen LogP contribution in [0.2, 0.25) is 18.6 Å². The molecule has 0 unspecified atom stereocenters. The Morgan fingerprint density at radius 2 is 1.62 bits per heavy atom. The molecule has 9 atom stereocenters. The van der Waals surface area contributed by atoms with Crippen LogP contribution in [0.25, 0.3) is 0 Å². The standard InChI is InChI=1S/C45H52N4O13Si/c1-26-41(63(3,4)32-17-15-31(60-2)16-18-32)35(23-36(51)47(20-21-50)24-27-8-6-5-7-9-27)62-45(26)33-22-30(49(58)59)14-19-34(33)48(44(45)57)25-28-10-12-29(13-11-28)46-42(55)40-38(53)37(52)39(54)43(56)61-40/h5-19,22,26,35,37-41,43,50,52-54,56H,20-21,23-25H2,1-4H3,(H,46,55)/t26-,35+,37-,38-,39+,40-,41-,43+,45+/m0/s1. The molecule has 0 aliphatic carbocycles. The van der Waals surface area contributed by atoms with Crippen molar-refractivity contribution in [1.29, 1.82) is 0 Å². The number of carbonyl (C=O) groups is 3. The molecule has 63 heavy (non-hydrogen) atoms. The molecule has 3 aliphatic rings. The number of nitrogens with one attached hydrogen (secondary N) is 1. The second kappa shape index (κ2) is 18.3. The lowest BCUT2D eigenvalue weighted by Crippen LogP contribution is -2.60. The Bertz CT molecular complexity index is 2320. The number of carbonyl (C=O) groups excluding carboxylic acids is 3.